The lowest BCUT2D eigenvalue weighted by atomic mass is 9.99. The molecule has 0 unspecified atom stereocenters. The summed E-state index contributed by atoms with van der Waals surface area (Å²) in [6, 6.07) is 14.4. The van der Waals surface area contributed by atoms with Crippen molar-refractivity contribution in [2.75, 3.05) is 31.0 Å². The largest absolute Gasteiger partial charge is 0.493 e. The third kappa shape index (κ3) is 4.11. The number of methoxy groups -OCH3 is 2. The summed E-state index contributed by atoms with van der Waals surface area (Å²) >= 11 is 0. The number of nitrogens with one attached hydrogen (secondary N) is 1. The van der Waals surface area contributed by atoms with Crippen molar-refractivity contribution in [1.29, 1.82) is 0 Å². The van der Waals surface area contributed by atoms with Gasteiger partial charge in [0.05, 0.1) is 14.2 Å². The van der Waals surface area contributed by atoms with Crippen LogP contribution in [-0.4, -0.2) is 30.7 Å². The van der Waals surface area contributed by atoms with Gasteiger partial charge in [-0.05, 0) is 61.2 Å². The molecular weight excluding hydrogens is 364 g/mol. The lowest BCUT2D eigenvalue weighted by Crippen LogP contribution is -2.32. The highest BCUT2D eigenvalue weighted by Crippen LogP contribution is 2.34. The minimum atomic E-state index is 0.737. The molecule has 0 amide bonds. The highest BCUT2D eigenvalue weighted by atomic mass is 16.5. The minimum absolute atomic E-state index is 0.737. The maximum Gasteiger partial charge on any atom is 0.227 e. The summed E-state index contributed by atoms with van der Waals surface area (Å²) in [7, 11) is 3.33. The molecule has 29 heavy (non-hydrogen) atoms. The van der Waals surface area contributed by atoms with Crippen molar-refractivity contribution in [2.24, 2.45) is 0 Å². The molecule has 6 nitrogen and oxygen atoms in total. The van der Waals surface area contributed by atoms with E-state index in [1.807, 2.05) is 25.1 Å². The molecule has 2 heterocycles. The number of rotatable bonds is 5. The van der Waals surface area contributed by atoms with Crippen molar-refractivity contribution in [3.63, 3.8) is 0 Å². The molecule has 0 fully saturated rings. The Labute approximate surface area is 171 Å². The van der Waals surface area contributed by atoms with E-state index < -0.39 is 0 Å². The Bertz CT molecular complexity index is 1040. The van der Waals surface area contributed by atoms with Crippen molar-refractivity contribution in [3.8, 4) is 11.5 Å². The summed E-state index contributed by atoms with van der Waals surface area (Å²) in [6.45, 7) is 5.67. The summed E-state index contributed by atoms with van der Waals surface area (Å²) < 4.78 is 10.9. The number of aromatic nitrogens is 2. The van der Waals surface area contributed by atoms with Crippen molar-refractivity contribution in [3.05, 3.63) is 64.8 Å². The molecule has 1 aliphatic heterocycles. The highest BCUT2D eigenvalue weighted by molar-refractivity contribution is 5.59. The van der Waals surface area contributed by atoms with Crippen molar-refractivity contribution in [1.82, 2.24) is 9.97 Å². The van der Waals surface area contributed by atoms with Gasteiger partial charge in [-0.25, -0.2) is 4.98 Å². The van der Waals surface area contributed by atoms with Gasteiger partial charge >= 0.3 is 0 Å². The standard InChI is InChI=1S/C23H26N4O2/c1-15-6-5-7-19(10-15)25-22-11-16(2)24-23(26-22)27-9-8-17-12-20(28-3)21(29-4)13-18(17)14-27/h5-7,10-13H,8-9,14H2,1-4H3,(H,24,25,26). The first kappa shape index (κ1) is 19.1. The SMILES string of the molecule is COc1cc2c(cc1OC)CN(c1nc(C)cc(Nc3cccc(C)c3)n1)CC2. The van der Waals surface area contributed by atoms with Crippen LogP contribution in [0.2, 0.25) is 0 Å². The first-order chi connectivity index (χ1) is 14.1. The maximum absolute atomic E-state index is 5.47. The Balaban J connectivity index is 1.60. The van der Waals surface area contributed by atoms with Crippen LogP contribution in [0, 0.1) is 13.8 Å². The van der Waals surface area contributed by atoms with Gasteiger partial charge in [0.25, 0.3) is 0 Å². The molecule has 150 valence electrons. The lowest BCUT2D eigenvalue weighted by Gasteiger charge is -2.30. The molecule has 0 atom stereocenters. The number of ether oxygens (including phenoxy) is 2. The van der Waals surface area contributed by atoms with E-state index in [1.165, 1.54) is 16.7 Å². The van der Waals surface area contributed by atoms with Crippen LogP contribution in [0.5, 0.6) is 11.5 Å². The number of hydrogen-bond donors (Lipinski definition) is 1. The van der Waals surface area contributed by atoms with E-state index in [9.17, 15) is 0 Å². The summed E-state index contributed by atoms with van der Waals surface area (Å²) in [5, 5.41) is 3.40. The van der Waals surface area contributed by atoms with E-state index in [0.717, 1.165) is 54.2 Å². The molecule has 3 aromatic rings. The van der Waals surface area contributed by atoms with Gasteiger partial charge in [-0.3, -0.25) is 0 Å². The summed E-state index contributed by atoms with van der Waals surface area (Å²) in [5.41, 5.74) is 5.66. The molecule has 0 saturated heterocycles. The number of nitrogens with zero attached hydrogens (tertiary/aromatic N) is 3. The van der Waals surface area contributed by atoms with Gasteiger partial charge in [0, 0.05) is 30.5 Å². The molecule has 0 saturated carbocycles. The third-order valence-electron chi connectivity index (χ3n) is 5.13. The van der Waals surface area contributed by atoms with E-state index in [4.69, 9.17) is 14.5 Å². The number of aryl methyl sites for hydroxylation is 2. The zero-order chi connectivity index (χ0) is 20.4. The molecule has 4 rings (SSSR count). The number of anilines is 3. The van der Waals surface area contributed by atoms with Gasteiger partial charge in [-0.2, -0.15) is 4.98 Å². The molecular formula is C23H26N4O2. The fourth-order valence-electron chi connectivity index (χ4n) is 3.68. The predicted molar refractivity (Wildman–Crippen MR) is 116 cm³/mol. The van der Waals surface area contributed by atoms with Crippen LogP contribution in [0.25, 0.3) is 0 Å². The van der Waals surface area contributed by atoms with E-state index in [0.29, 0.717) is 0 Å². The van der Waals surface area contributed by atoms with Crippen molar-refractivity contribution >= 4 is 17.5 Å². The zero-order valence-electron chi connectivity index (χ0n) is 17.3. The Morgan fingerprint density at radius 3 is 2.41 bits per heavy atom. The van der Waals surface area contributed by atoms with Crippen LogP contribution in [0.1, 0.15) is 22.4 Å². The van der Waals surface area contributed by atoms with Crippen LogP contribution in [0.15, 0.2) is 42.5 Å². The van der Waals surface area contributed by atoms with Gasteiger partial charge in [0.1, 0.15) is 5.82 Å². The topological polar surface area (TPSA) is 59.5 Å². The van der Waals surface area contributed by atoms with E-state index >= 15 is 0 Å². The minimum Gasteiger partial charge on any atom is -0.493 e. The second kappa shape index (κ2) is 7.99. The fraction of sp³-hybridized carbons (Fsp3) is 0.304. The maximum atomic E-state index is 5.47. The lowest BCUT2D eigenvalue weighted by molar-refractivity contribution is 0.353. The normalized spacial score (nSPS) is 13.0. The smallest absolute Gasteiger partial charge is 0.227 e. The molecule has 0 bridgehead atoms. The number of benzene rings is 2. The van der Waals surface area contributed by atoms with E-state index in [2.05, 4.69) is 46.4 Å². The predicted octanol–water partition coefficient (Wildman–Crippen LogP) is 4.42. The Morgan fingerprint density at radius 2 is 1.69 bits per heavy atom. The van der Waals surface area contributed by atoms with Crippen LogP contribution in [-0.2, 0) is 13.0 Å². The van der Waals surface area contributed by atoms with E-state index in [1.54, 1.807) is 14.2 Å². The third-order valence-corrected chi connectivity index (χ3v) is 5.13. The van der Waals surface area contributed by atoms with Gasteiger partial charge in [-0.1, -0.05) is 12.1 Å². The Morgan fingerprint density at radius 1 is 0.931 bits per heavy atom. The summed E-state index contributed by atoms with van der Waals surface area (Å²) in [4.78, 5) is 11.7. The van der Waals surface area contributed by atoms with Crippen LogP contribution < -0.4 is 19.7 Å². The Hall–Kier alpha value is -3.28. The quantitative estimate of drug-likeness (QED) is 0.696. The highest BCUT2D eigenvalue weighted by Gasteiger charge is 2.21. The first-order valence-corrected chi connectivity index (χ1v) is 9.74. The van der Waals surface area contributed by atoms with E-state index in [-0.39, 0.29) is 0 Å². The average Bonchev–Trinajstić information content (AvgIpc) is 2.71. The summed E-state index contributed by atoms with van der Waals surface area (Å²) in [6.07, 6.45) is 0.910. The van der Waals surface area contributed by atoms with Gasteiger partial charge in [0.2, 0.25) is 5.95 Å². The van der Waals surface area contributed by atoms with Crippen LogP contribution in [0.3, 0.4) is 0 Å². The molecule has 0 aliphatic carbocycles. The van der Waals surface area contributed by atoms with Crippen molar-refractivity contribution < 1.29 is 9.47 Å². The second-order valence-corrected chi connectivity index (χ2v) is 7.34. The number of hydrogen-bond acceptors (Lipinski definition) is 6. The summed E-state index contributed by atoms with van der Waals surface area (Å²) in [5.74, 6) is 3.06. The van der Waals surface area contributed by atoms with Gasteiger partial charge in [0.15, 0.2) is 11.5 Å². The second-order valence-electron chi connectivity index (χ2n) is 7.34. The molecule has 1 aliphatic rings. The monoisotopic (exact) mass is 390 g/mol. The molecule has 1 N–H and O–H groups in total. The van der Waals surface area contributed by atoms with Gasteiger partial charge < -0.3 is 19.7 Å². The molecule has 0 spiro atoms. The van der Waals surface area contributed by atoms with Crippen molar-refractivity contribution in [2.45, 2.75) is 26.8 Å². The number of fused-ring (bicyclic) bond motifs is 1. The fourth-order valence-corrected chi connectivity index (χ4v) is 3.68. The zero-order valence-corrected chi connectivity index (χ0v) is 17.3. The first-order valence-electron chi connectivity index (χ1n) is 9.74. The Kier molecular flexibility index (Phi) is 5.25. The molecule has 6 heteroatoms. The molecule has 2 aromatic carbocycles. The van der Waals surface area contributed by atoms with Crippen LogP contribution >= 0.6 is 0 Å². The van der Waals surface area contributed by atoms with Gasteiger partial charge in [-0.15, -0.1) is 0 Å². The molecule has 1 aromatic heterocycles. The molecule has 0 radical (unpaired) electrons. The average molecular weight is 390 g/mol. The van der Waals surface area contributed by atoms with Crippen LogP contribution in [0.4, 0.5) is 17.5 Å².